The number of rotatable bonds is 4. The second-order valence-electron chi connectivity index (χ2n) is 6.91. The average molecular weight is 477 g/mol. The lowest BCUT2D eigenvalue weighted by Gasteiger charge is -2.12. The molecule has 3 aromatic carbocycles. The van der Waals surface area contributed by atoms with Gasteiger partial charge in [-0.1, -0.05) is 48.5 Å². The molecule has 5 rings (SSSR count). The minimum atomic E-state index is -0.753. The summed E-state index contributed by atoms with van der Waals surface area (Å²) in [5.41, 5.74) is 1.33. The van der Waals surface area contributed by atoms with Crippen LogP contribution in [0, 0.1) is 5.82 Å². The quantitative estimate of drug-likeness (QED) is 0.284. The van der Waals surface area contributed by atoms with Gasteiger partial charge in [-0.05, 0) is 58.4 Å². The first-order chi connectivity index (χ1) is 16.1. The van der Waals surface area contributed by atoms with Crippen LogP contribution >= 0.6 is 23.4 Å². The number of hydrogen-bond acceptors (Lipinski definition) is 6. The van der Waals surface area contributed by atoms with Crippen molar-refractivity contribution in [2.45, 2.75) is 0 Å². The van der Waals surface area contributed by atoms with E-state index in [9.17, 15) is 9.18 Å². The SMILES string of the molecule is O=C1NC(=Nc2ccccc2)S/C1=C\c1c(Oc2nc(Cl)ncc2F)ccc2ccccc12. The Balaban J connectivity index is 1.57. The monoisotopic (exact) mass is 476 g/mol. The van der Waals surface area contributed by atoms with Crippen LogP contribution < -0.4 is 10.1 Å². The predicted molar refractivity (Wildman–Crippen MR) is 128 cm³/mol. The number of aliphatic imine (C=N–C) groups is 1. The molecule has 0 aliphatic carbocycles. The summed E-state index contributed by atoms with van der Waals surface area (Å²) in [4.78, 5) is 25.0. The second-order valence-corrected chi connectivity index (χ2v) is 8.28. The number of para-hydroxylation sites is 1. The average Bonchev–Trinajstić information content (AvgIpc) is 3.16. The number of benzene rings is 3. The molecule has 0 radical (unpaired) electrons. The van der Waals surface area contributed by atoms with Gasteiger partial charge in [0.2, 0.25) is 11.1 Å². The summed E-state index contributed by atoms with van der Waals surface area (Å²) in [5.74, 6) is -1.03. The van der Waals surface area contributed by atoms with E-state index in [1.165, 1.54) is 11.8 Å². The molecular weight excluding hydrogens is 463 g/mol. The van der Waals surface area contributed by atoms with Crippen molar-refractivity contribution in [2.24, 2.45) is 4.99 Å². The van der Waals surface area contributed by atoms with Gasteiger partial charge in [0.1, 0.15) is 5.75 Å². The molecule has 162 valence electrons. The van der Waals surface area contributed by atoms with Gasteiger partial charge in [0, 0.05) is 5.56 Å². The van der Waals surface area contributed by atoms with Crippen LogP contribution in [-0.2, 0) is 4.79 Å². The van der Waals surface area contributed by atoms with Gasteiger partial charge in [0.15, 0.2) is 5.17 Å². The molecule has 1 aliphatic rings. The number of nitrogens with zero attached hydrogens (tertiary/aromatic N) is 3. The fourth-order valence-electron chi connectivity index (χ4n) is 3.25. The zero-order valence-corrected chi connectivity index (χ0v) is 18.4. The van der Waals surface area contributed by atoms with Crippen molar-refractivity contribution in [2.75, 3.05) is 0 Å². The Morgan fingerprint density at radius 3 is 2.70 bits per heavy atom. The third kappa shape index (κ3) is 4.57. The maximum Gasteiger partial charge on any atom is 0.264 e. The molecule has 2 heterocycles. The third-order valence-electron chi connectivity index (χ3n) is 4.73. The van der Waals surface area contributed by atoms with Crippen LogP contribution in [0.3, 0.4) is 0 Å². The highest BCUT2D eigenvalue weighted by Crippen LogP contribution is 2.36. The fraction of sp³-hybridized carbons (Fsp3) is 0. The molecule has 1 aliphatic heterocycles. The molecule has 4 aromatic rings. The highest BCUT2D eigenvalue weighted by Gasteiger charge is 2.25. The number of aromatic nitrogens is 2. The van der Waals surface area contributed by atoms with Crippen LogP contribution in [0.4, 0.5) is 10.1 Å². The normalized spacial score (nSPS) is 15.9. The van der Waals surface area contributed by atoms with Gasteiger partial charge in [-0.15, -0.1) is 0 Å². The molecule has 1 aromatic heterocycles. The first-order valence-corrected chi connectivity index (χ1v) is 11.0. The number of fused-ring (bicyclic) bond motifs is 1. The van der Waals surface area contributed by atoms with E-state index < -0.39 is 5.82 Å². The van der Waals surface area contributed by atoms with E-state index in [0.29, 0.717) is 21.4 Å². The first kappa shape index (κ1) is 21.1. The number of halogens is 2. The summed E-state index contributed by atoms with van der Waals surface area (Å²) in [7, 11) is 0. The maximum atomic E-state index is 14.2. The zero-order valence-electron chi connectivity index (χ0n) is 16.8. The highest BCUT2D eigenvalue weighted by molar-refractivity contribution is 8.18. The summed E-state index contributed by atoms with van der Waals surface area (Å²) < 4.78 is 20.0. The van der Waals surface area contributed by atoms with Crippen LogP contribution in [0.15, 0.2) is 82.8 Å². The van der Waals surface area contributed by atoms with Gasteiger partial charge >= 0.3 is 0 Å². The summed E-state index contributed by atoms with van der Waals surface area (Å²) in [6.07, 6.45) is 2.64. The van der Waals surface area contributed by atoms with E-state index in [2.05, 4.69) is 20.3 Å². The maximum absolute atomic E-state index is 14.2. The number of ether oxygens (including phenoxy) is 1. The highest BCUT2D eigenvalue weighted by atomic mass is 35.5. The number of hydrogen-bond donors (Lipinski definition) is 1. The van der Waals surface area contributed by atoms with Gasteiger partial charge in [-0.2, -0.15) is 9.37 Å². The van der Waals surface area contributed by atoms with E-state index in [4.69, 9.17) is 16.3 Å². The number of thioether (sulfide) groups is 1. The number of carbonyl (C=O) groups is 1. The van der Waals surface area contributed by atoms with Crippen LogP contribution in [0.5, 0.6) is 11.6 Å². The molecular formula is C24H14ClFN4O2S. The van der Waals surface area contributed by atoms with Gasteiger partial charge < -0.3 is 10.1 Å². The summed E-state index contributed by atoms with van der Waals surface area (Å²) >= 11 is 7.02. The molecule has 1 fully saturated rings. The van der Waals surface area contributed by atoms with Crippen molar-refractivity contribution in [1.29, 1.82) is 0 Å². The Morgan fingerprint density at radius 2 is 1.85 bits per heavy atom. The minimum absolute atomic E-state index is 0.139. The van der Waals surface area contributed by atoms with E-state index in [1.54, 1.807) is 12.1 Å². The van der Waals surface area contributed by atoms with Crippen molar-refractivity contribution < 1.29 is 13.9 Å². The van der Waals surface area contributed by atoms with Gasteiger partial charge in [0.05, 0.1) is 16.8 Å². The smallest absolute Gasteiger partial charge is 0.264 e. The van der Waals surface area contributed by atoms with Crippen molar-refractivity contribution >= 4 is 57.0 Å². The topological polar surface area (TPSA) is 76.5 Å². The molecule has 1 amide bonds. The molecule has 0 bridgehead atoms. The van der Waals surface area contributed by atoms with Gasteiger partial charge in [-0.25, -0.2) is 9.98 Å². The summed E-state index contributed by atoms with van der Waals surface area (Å²) in [5, 5.41) is 4.85. The van der Waals surface area contributed by atoms with E-state index in [-0.39, 0.29) is 17.1 Å². The fourth-order valence-corrected chi connectivity index (χ4v) is 4.20. The van der Waals surface area contributed by atoms with Gasteiger partial charge in [-0.3, -0.25) is 4.79 Å². The van der Waals surface area contributed by atoms with Crippen molar-refractivity contribution in [1.82, 2.24) is 15.3 Å². The molecule has 1 N–H and O–H groups in total. The Bertz CT molecular complexity index is 1440. The molecule has 0 atom stereocenters. The molecule has 0 spiro atoms. The van der Waals surface area contributed by atoms with E-state index in [1.807, 2.05) is 60.7 Å². The third-order valence-corrected chi connectivity index (χ3v) is 5.82. The standard InChI is InChI=1S/C24H14ClFN4O2S/c25-23-27-13-18(26)22(30-23)32-19-11-10-14-6-4-5-9-16(14)17(19)12-20-21(31)29-24(33-20)28-15-7-2-1-3-8-15/h1-13H,(H,28,29,31)/b20-12-. The minimum Gasteiger partial charge on any atom is -0.436 e. The van der Waals surface area contributed by atoms with Crippen LogP contribution in [-0.4, -0.2) is 21.0 Å². The number of carbonyl (C=O) groups excluding carboxylic acids is 1. The summed E-state index contributed by atoms with van der Waals surface area (Å²) in [6.45, 7) is 0. The van der Waals surface area contributed by atoms with Crippen molar-refractivity contribution in [3.8, 4) is 11.6 Å². The lowest BCUT2D eigenvalue weighted by Crippen LogP contribution is -2.19. The van der Waals surface area contributed by atoms with E-state index >= 15 is 0 Å². The predicted octanol–water partition coefficient (Wildman–Crippen LogP) is 6.11. The first-order valence-electron chi connectivity index (χ1n) is 9.79. The molecule has 1 saturated heterocycles. The number of amides is 1. The molecule has 0 unspecified atom stereocenters. The Hall–Kier alpha value is -3.75. The molecule has 9 heteroatoms. The lowest BCUT2D eigenvalue weighted by molar-refractivity contribution is -0.115. The van der Waals surface area contributed by atoms with Gasteiger partial charge in [0.25, 0.3) is 11.8 Å². The largest absolute Gasteiger partial charge is 0.436 e. The Kier molecular flexibility index (Phi) is 5.77. The molecule has 6 nitrogen and oxygen atoms in total. The number of amidine groups is 1. The van der Waals surface area contributed by atoms with Crippen molar-refractivity contribution in [3.05, 3.63) is 94.5 Å². The molecule has 0 saturated carbocycles. The zero-order chi connectivity index (χ0) is 22.8. The van der Waals surface area contributed by atoms with Crippen LogP contribution in [0.25, 0.3) is 16.8 Å². The Labute approximate surface area is 197 Å². The summed E-state index contributed by atoms with van der Waals surface area (Å²) in [6, 6.07) is 20.5. The second kappa shape index (κ2) is 9.01. The Morgan fingerprint density at radius 1 is 1.06 bits per heavy atom. The van der Waals surface area contributed by atoms with Crippen LogP contribution in [0.1, 0.15) is 5.56 Å². The number of nitrogens with one attached hydrogen (secondary N) is 1. The lowest BCUT2D eigenvalue weighted by atomic mass is 10.0. The molecule has 33 heavy (non-hydrogen) atoms. The van der Waals surface area contributed by atoms with E-state index in [0.717, 1.165) is 22.7 Å². The van der Waals surface area contributed by atoms with Crippen molar-refractivity contribution in [3.63, 3.8) is 0 Å². The van der Waals surface area contributed by atoms with Crippen LogP contribution in [0.2, 0.25) is 5.28 Å².